The highest BCUT2D eigenvalue weighted by Gasteiger charge is 2.27. The molecule has 0 radical (unpaired) electrons. The van der Waals surface area contributed by atoms with Crippen molar-refractivity contribution < 1.29 is 19.0 Å². The molecule has 33 heavy (non-hydrogen) atoms. The summed E-state index contributed by atoms with van der Waals surface area (Å²) in [4.78, 5) is 17.4. The van der Waals surface area contributed by atoms with Gasteiger partial charge in [0, 0.05) is 51.9 Å². The molecule has 7 heteroatoms. The minimum absolute atomic E-state index is 0.229. The van der Waals surface area contributed by atoms with E-state index in [0.29, 0.717) is 25.2 Å². The van der Waals surface area contributed by atoms with E-state index in [1.54, 1.807) is 0 Å². The number of carbonyl (C=O) groups excluding carboxylic acids is 1. The molecule has 182 valence electrons. The highest BCUT2D eigenvalue weighted by molar-refractivity contribution is 5.76. The van der Waals surface area contributed by atoms with Crippen molar-refractivity contribution in [3.05, 3.63) is 18.2 Å². The van der Waals surface area contributed by atoms with Crippen molar-refractivity contribution in [3.63, 3.8) is 0 Å². The molecule has 0 spiro atoms. The van der Waals surface area contributed by atoms with E-state index in [1.165, 1.54) is 31.5 Å². The lowest BCUT2D eigenvalue weighted by Gasteiger charge is -2.37. The van der Waals surface area contributed by atoms with Crippen LogP contribution in [0.25, 0.3) is 0 Å². The zero-order valence-electron chi connectivity index (χ0n) is 19.8. The van der Waals surface area contributed by atoms with Crippen LogP contribution in [-0.2, 0) is 9.53 Å². The van der Waals surface area contributed by atoms with Gasteiger partial charge in [-0.05, 0) is 75.5 Å². The maximum Gasteiger partial charge on any atom is 0.231 e. The Morgan fingerprint density at radius 1 is 1.00 bits per heavy atom. The van der Waals surface area contributed by atoms with Crippen LogP contribution in [0, 0.1) is 11.8 Å². The summed E-state index contributed by atoms with van der Waals surface area (Å²) in [7, 11) is 0. The molecule has 3 heterocycles. The number of amides is 1. The van der Waals surface area contributed by atoms with Gasteiger partial charge in [0.1, 0.15) is 0 Å². The average molecular weight is 458 g/mol. The zero-order valence-corrected chi connectivity index (χ0v) is 19.8. The second-order valence-electron chi connectivity index (χ2n) is 10.2. The van der Waals surface area contributed by atoms with E-state index in [4.69, 9.17) is 14.2 Å². The van der Waals surface area contributed by atoms with Crippen molar-refractivity contribution in [2.24, 2.45) is 11.8 Å². The van der Waals surface area contributed by atoms with Crippen LogP contribution in [0.4, 0.5) is 5.69 Å². The summed E-state index contributed by atoms with van der Waals surface area (Å²) in [6.07, 6.45) is 8.88. The fourth-order valence-electron chi connectivity index (χ4n) is 5.85. The fraction of sp³-hybridized carbons (Fsp3) is 0.731. The molecule has 0 aromatic heterocycles. The number of fused-ring (bicyclic) bond motifs is 1. The lowest BCUT2D eigenvalue weighted by molar-refractivity contribution is -0.124. The van der Waals surface area contributed by atoms with Gasteiger partial charge in [-0.25, -0.2) is 0 Å². The Kier molecular flexibility index (Phi) is 7.57. The molecule has 1 atom stereocenters. The number of anilines is 1. The summed E-state index contributed by atoms with van der Waals surface area (Å²) in [5, 5.41) is 3.30. The third-order valence-corrected chi connectivity index (χ3v) is 7.88. The predicted octanol–water partition coefficient (Wildman–Crippen LogP) is 3.42. The number of nitrogens with zero attached hydrogens (tertiary/aromatic N) is 2. The number of hydrogen-bond donors (Lipinski definition) is 1. The molecule has 0 unspecified atom stereocenters. The van der Waals surface area contributed by atoms with Gasteiger partial charge in [0.15, 0.2) is 11.5 Å². The molecule has 7 nitrogen and oxygen atoms in total. The van der Waals surface area contributed by atoms with Crippen molar-refractivity contribution >= 4 is 11.6 Å². The second-order valence-corrected chi connectivity index (χ2v) is 10.2. The first kappa shape index (κ1) is 22.8. The maximum atomic E-state index is 12.4. The molecule has 3 fully saturated rings. The highest BCUT2D eigenvalue weighted by atomic mass is 16.7. The summed E-state index contributed by atoms with van der Waals surface area (Å²) in [6, 6.07) is 6.55. The monoisotopic (exact) mass is 457 g/mol. The molecular weight excluding hydrogens is 418 g/mol. The van der Waals surface area contributed by atoms with Crippen LogP contribution in [0.3, 0.4) is 0 Å². The smallest absolute Gasteiger partial charge is 0.231 e. The van der Waals surface area contributed by atoms with Crippen molar-refractivity contribution in [1.82, 2.24) is 10.2 Å². The molecule has 1 aliphatic carbocycles. The van der Waals surface area contributed by atoms with Gasteiger partial charge in [-0.1, -0.05) is 6.07 Å². The normalized spacial score (nSPS) is 28.0. The standard InChI is InChI=1S/C26H39N3O4/c30-25(17-21-3-2-16-31-18-21)27-22-8-6-20(7-9-22)10-11-28-12-14-29(15-13-28)23-4-1-5-24-26(23)33-19-32-24/h1,4-5,20-22H,2-3,6-19H2,(H,27,30)/t20?,21-,22?/m0/s1. The number of rotatable bonds is 7. The van der Waals surface area contributed by atoms with Crippen LogP contribution < -0.4 is 19.7 Å². The Morgan fingerprint density at radius 2 is 1.85 bits per heavy atom. The molecule has 3 aliphatic heterocycles. The Balaban J connectivity index is 0.980. The van der Waals surface area contributed by atoms with Crippen molar-refractivity contribution in [2.45, 2.75) is 57.4 Å². The van der Waals surface area contributed by atoms with E-state index in [1.807, 2.05) is 6.07 Å². The van der Waals surface area contributed by atoms with Gasteiger partial charge < -0.3 is 24.4 Å². The zero-order chi connectivity index (χ0) is 22.5. The first-order valence-corrected chi connectivity index (χ1v) is 13.0. The van der Waals surface area contributed by atoms with Crippen LogP contribution in [0.5, 0.6) is 11.5 Å². The predicted molar refractivity (Wildman–Crippen MR) is 128 cm³/mol. The van der Waals surface area contributed by atoms with Crippen LogP contribution in [0.1, 0.15) is 51.4 Å². The molecule has 1 aromatic carbocycles. The number of nitrogens with one attached hydrogen (secondary N) is 1. The van der Waals surface area contributed by atoms with Crippen LogP contribution in [-0.4, -0.2) is 69.6 Å². The number of piperazine rings is 1. The molecule has 4 aliphatic rings. The lowest BCUT2D eigenvalue weighted by atomic mass is 9.84. The Labute approximate surface area is 197 Å². The highest BCUT2D eigenvalue weighted by Crippen LogP contribution is 2.41. The van der Waals surface area contributed by atoms with Crippen LogP contribution in [0.15, 0.2) is 18.2 Å². The summed E-state index contributed by atoms with van der Waals surface area (Å²) in [5.74, 6) is 3.21. The number of carbonyl (C=O) groups is 1. The molecule has 1 saturated carbocycles. The Bertz CT molecular complexity index is 782. The van der Waals surface area contributed by atoms with Gasteiger partial charge in [-0.15, -0.1) is 0 Å². The van der Waals surface area contributed by atoms with Crippen molar-refractivity contribution in [1.29, 1.82) is 0 Å². The van der Waals surface area contributed by atoms with E-state index < -0.39 is 0 Å². The van der Waals surface area contributed by atoms with E-state index in [0.717, 1.165) is 82.5 Å². The molecule has 0 bridgehead atoms. The van der Waals surface area contributed by atoms with E-state index in [2.05, 4.69) is 27.2 Å². The maximum absolute atomic E-state index is 12.4. The van der Waals surface area contributed by atoms with E-state index >= 15 is 0 Å². The number of benzene rings is 1. The van der Waals surface area contributed by atoms with Crippen molar-refractivity contribution in [3.8, 4) is 11.5 Å². The van der Waals surface area contributed by atoms with Gasteiger partial charge in [0.2, 0.25) is 12.7 Å². The fourth-order valence-corrected chi connectivity index (χ4v) is 5.85. The largest absolute Gasteiger partial charge is 0.454 e. The summed E-state index contributed by atoms with van der Waals surface area (Å²) in [6.45, 7) is 7.38. The SMILES string of the molecule is O=C(C[C@@H]1CCCOC1)NC1CCC(CCN2CCN(c3cccc4c3OCO4)CC2)CC1. The summed E-state index contributed by atoms with van der Waals surface area (Å²) in [5.41, 5.74) is 1.17. The number of ether oxygens (including phenoxy) is 3. The van der Waals surface area contributed by atoms with Gasteiger partial charge >= 0.3 is 0 Å². The first-order chi connectivity index (χ1) is 16.2. The van der Waals surface area contributed by atoms with Gasteiger partial charge in [0.05, 0.1) is 5.69 Å². The number of para-hydroxylation sites is 1. The van der Waals surface area contributed by atoms with Crippen molar-refractivity contribution in [2.75, 3.05) is 57.6 Å². The molecule has 1 aromatic rings. The van der Waals surface area contributed by atoms with Crippen LogP contribution in [0.2, 0.25) is 0 Å². The molecular formula is C26H39N3O4. The molecule has 1 N–H and O–H groups in total. The molecule has 5 rings (SSSR count). The topological polar surface area (TPSA) is 63.3 Å². The third kappa shape index (κ3) is 5.93. The second kappa shape index (κ2) is 11.0. The Hall–Kier alpha value is -1.99. The minimum Gasteiger partial charge on any atom is -0.454 e. The molecule has 2 saturated heterocycles. The first-order valence-electron chi connectivity index (χ1n) is 13.0. The van der Waals surface area contributed by atoms with E-state index in [9.17, 15) is 4.79 Å². The van der Waals surface area contributed by atoms with Gasteiger partial charge in [0.25, 0.3) is 0 Å². The van der Waals surface area contributed by atoms with Crippen LogP contribution >= 0.6 is 0 Å². The summed E-state index contributed by atoms with van der Waals surface area (Å²) < 4.78 is 16.7. The summed E-state index contributed by atoms with van der Waals surface area (Å²) >= 11 is 0. The Morgan fingerprint density at radius 3 is 2.64 bits per heavy atom. The third-order valence-electron chi connectivity index (χ3n) is 7.88. The lowest BCUT2D eigenvalue weighted by Crippen LogP contribution is -2.47. The van der Waals surface area contributed by atoms with Gasteiger partial charge in [-0.3, -0.25) is 9.69 Å². The molecule has 1 amide bonds. The van der Waals surface area contributed by atoms with E-state index in [-0.39, 0.29) is 5.91 Å². The average Bonchev–Trinajstić information content (AvgIpc) is 3.34. The number of hydrogen-bond acceptors (Lipinski definition) is 6. The quantitative estimate of drug-likeness (QED) is 0.677. The van der Waals surface area contributed by atoms with Gasteiger partial charge in [-0.2, -0.15) is 0 Å². The minimum atomic E-state index is 0.229.